The number of ether oxygens (including phenoxy) is 1. The van der Waals surface area contributed by atoms with Crippen LogP contribution in [0.4, 0.5) is 10.1 Å². The van der Waals surface area contributed by atoms with Crippen molar-refractivity contribution in [3.63, 3.8) is 0 Å². The summed E-state index contributed by atoms with van der Waals surface area (Å²) < 4.78 is 20.7. The molecule has 6 nitrogen and oxygen atoms in total. The van der Waals surface area contributed by atoms with Crippen molar-refractivity contribution in [2.45, 2.75) is 20.0 Å². The summed E-state index contributed by atoms with van der Waals surface area (Å²) in [6.45, 7) is 3.53. The van der Waals surface area contributed by atoms with E-state index in [9.17, 15) is 14.0 Å². The van der Waals surface area contributed by atoms with E-state index in [1.54, 1.807) is 50.4 Å². The summed E-state index contributed by atoms with van der Waals surface area (Å²) >= 11 is 0. The van der Waals surface area contributed by atoms with Crippen LogP contribution in [0.1, 0.15) is 34.6 Å². The van der Waals surface area contributed by atoms with Gasteiger partial charge in [0.05, 0.1) is 22.9 Å². The number of carbonyl (C=O) groups is 2. The minimum absolute atomic E-state index is 0.0745. The van der Waals surface area contributed by atoms with Gasteiger partial charge in [-0.05, 0) is 50.2 Å². The van der Waals surface area contributed by atoms with Gasteiger partial charge >= 0.3 is 5.97 Å². The highest BCUT2D eigenvalue weighted by atomic mass is 19.1. The molecule has 0 radical (unpaired) electrons. The van der Waals surface area contributed by atoms with Crippen molar-refractivity contribution in [2.24, 2.45) is 0 Å². The van der Waals surface area contributed by atoms with E-state index < -0.39 is 17.7 Å². The molecule has 0 saturated heterocycles. The van der Waals surface area contributed by atoms with Gasteiger partial charge in [-0.3, -0.25) is 4.79 Å². The molecule has 0 aliphatic rings. The monoisotopic (exact) mass is 367 g/mol. The van der Waals surface area contributed by atoms with Crippen LogP contribution in [-0.4, -0.2) is 27.6 Å². The second kappa shape index (κ2) is 7.82. The van der Waals surface area contributed by atoms with Crippen LogP contribution in [0.2, 0.25) is 0 Å². The molecule has 3 rings (SSSR count). The molecule has 0 N–H and O–H groups in total. The molecule has 27 heavy (non-hydrogen) atoms. The maximum absolute atomic E-state index is 14.1. The molecule has 1 heterocycles. The largest absolute Gasteiger partial charge is 0.459 e. The Morgan fingerprint density at radius 1 is 1.11 bits per heavy atom. The molecule has 138 valence electrons. The van der Waals surface area contributed by atoms with E-state index in [1.165, 1.54) is 40.4 Å². The first-order chi connectivity index (χ1) is 13.0. The highest BCUT2D eigenvalue weighted by Crippen LogP contribution is 2.21. The molecule has 1 aromatic heterocycles. The van der Waals surface area contributed by atoms with E-state index in [-0.39, 0.29) is 11.7 Å². The maximum atomic E-state index is 14.1. The second-order valence-corrected chi connectivity index (χ2v) is 6.04. The van der Waals surface area contributed by atoms with Gasteiger partial charge in [-0.2, -0.15) is 0 Å². The quantitative estimate of drug-likeness (QED) is 0.645. The fourth-order valence-corrected chi connectivity index (χ4v) is 2.50. The van der Waals surface area contributed by atoms with E-state index in [2.05, 4.69) is 4.98 Å². The molecule has 0 saturated carbocycles. The van der Waals surface area contributed by atoms with E-state index >= 15 is 0 Å². The molecule has 0 atom stereocenters. The average Bonchev–Trinajstić information content (AvgIpc) is 3.16. The second-order valence-electron chi connectivity index (χ2n) is 6.04. The minimum atomic E-state index is -0.621. The molecule has 0 unspecified atom stereocenters. The predicted molar refractivity (Wildman–Crippen MR) is 97.8 cm³/mol. The lowest BCUT2D eigenvalue weighted by Crippen LogP contribution is -2.35. The van der Waals surface area contributed by atoms with Crippen LogP contribution in [0.15, 0.2) is 67.3 Å². The lowest BCUT2D eigenvalue weighted by Gasteiger charge is -2.23. The SMILES string of the molecule is CC(C)OC(=O)c1ccc(N(C(=O)c2ccccc2F)n2ccnc2)cc1. The molecule has 1 amide bonds. The molecule has 0 fully saturated rings. The summed E-state index contributed by atoms with van der Waals surface area (Å²) in [7, 11) is 0. The number of nitrogens with zero attached hydrogens (tertiary/aromatic N) is 3. The number of imidazole rings is 1. The highest BCUT2D eigenvalue weighted by molar-refractivity contribution is 6.06. The van der Waals surface area contributed by atoms with Crippen molar-refractivity contribution in [1.29, 1.82) is 0 Å². The van der Waals surface area contributed by atoms with Crippen LogP contribution in [0, 0.1) is 5.82 Å². The Bertz CT molecular complexity index is 937. The van der Waals surface area contributed by atoms with Crippen molar-refractivity contribution in [2.75, 3.05) is 5.01 Å². The summed E-state index contributed by atoms with van der Waals surface area (Å²) in [5, 5.41) is 1.27. The highest BCUT2D eigenvalue weighted by Gasteiger charge is 2.22. The van der Waals surface area contributed by atoms with E-state index in [0.29, 0.717) is 11.3 Å². The van der Waals surface area contributed by atoms with Crippen LogP contribution in [0.25, 0.3) is 0 Å². The number of amides is 1. The summed E-state index contributed by atoms with van der Waals surface area (Å²) in [5.74, 6) is -1.64. The first-order valence-corrected chi connectivity index (χ1v) is 8.35. The summed E-state index contributed by atoms with van der Waals surface area (Å²) in [5.41, 5.74) is 0.730. The summed E-state index contributed by atoms with van der Waals surface area (Å²) in [6.07, 6.45) is 4.28. The van der Waals surface area contributed by atoms with Crippen molar-refractivity contribution >= 4 is 17.6 Å². The summed E-state index contributed by atoms with van der Waals surface area (Å²) in [6, 6.07) is 12.0. The van der Waals surface area contributed by atoms with Gasteiger partial charge in [0.1, 0.15) is 12.1 Å². The third-order valence-corrected chi connectivity index (χ3v) is 3.71. The normalized spacial score (nSPS) is 10.7. The lowest BCUT2D eigenvalue weighted by molar-refractivity contribution is 0.0378. The lowest BCUT2D eigenvalue weighted by atomic mass is 10.1. The molecule has 0 aliphatic carbocycles. The van der Waals surface area contributed by atoms with Crippen molar-refractivity contribution in [1.82, 2.24) is 9.66 Å². The fourth-order valence-electron chi connectivity index (χ4n) is 2.50. The topological polar surface area (TPSA) is 64.4 Å². The number of benzene rings is 2. The molecular weight excluding hydrogens is 349 g/mol. The fraction of sp³-hybridized carbons (Fsp3) is 0.150. The van der Waals surface area contributed by atoms with Crippen LogP contribution in [0.3, 0.4) is 0 Å². The number of esters is 1. The van der Waals surface area contributed by atoms with Gasteiger partial charge < -0.3 is 4.74 Å². The number of anilines is 1. The van der Waals surface area contributed by atoms with Crippen LogP contribution < -0.4 is 5.01 Å². The molecule has 2 aromatic carbocycles. The zero-order valence-corrected chi connectivity index (χ0v) is 14.9. The van der Waals surface area contributed by atoms with Crippen molar-refractivity contribution in [3.8, 4) is 0 Å². The molecule has 0 bridgehead atoms. The van der Waals surface area contributed by atoms with E-state index in [0.717, 1.165) is 0 Å². The number of rotatable bonds is 5. The van der Waals surface area contributed by atoms with Gasteiger partial charge in [0, 0.05) is 12.4 Å². The zero-order chi connectivity index (χ0) is 19.4. The smallest absolute Gasteiger partial charge is 0.338 e. The maximum Gasteiger partial charge on any atom is 0.338 e. The van der Waals surface area contributed by atoms with Gasteiger partial charge in [0.2, 0.25) is 0 Å². The summed E-state index contributed by atoms with van der Waals surface area (Å²) in [4.78, 5) is 28.9. The molecule has 0 aliphatic heterocycles. The van der Waals surface area contributed by atoms with Gasteiger partial charge in [-0.25, -0.2) is 23.9 Å². The number of hydrogen-bond donors (Lipinski definition) is 0. The number of hydrogen-bond acceptors (Lipinski definition) is 4. The molecule has 3 aromatic rings. The van der Waals surface area contributed by atoms with Gasteiger partial charge in [-0.1, -0.05) is 12.1 Å². The van der Waals surface area contributed by atoms with E-state index in [4.69, 9.17) is 4.74 Å². The first kappa shape index (κ1) is 18.3. The van der Waals surface area contributed by atoms with E-state index in [1.807, 2.05) is 0 Å². The Balaban J connectivity index is 1.96. The van der Waals surface area contributed by atoms with Crippen LogP contribution in [0.5, 0.6) is 0 Å². The third kappa shape index (κ3) is 4.03. The molecule has 0 spiro atoms. The predicted octanol–water partition coefficient (Wildman–Crippen LogP) is 3.70. The van der Waals surface area contributed by atoms with Gasteiger partial charge in [-0.15, -0.1) is 0 Å². The minimum Gasteiger partial charge on any atom is -0.459 e. The molecular formula is C20H18FN3O3. The van der Waals surface area contributed by atoms with Crippen molar-refractivity contribution < 1.29 is 18.7 Å². The third-order valence-electron chi connectivity index (χ3n) is 3.71. The standard InChI is InChI=1S/C20H18FN3O3/c1-14(2)27-20(26)15-7-9-16(10-8-15)24(23-12-11-22-13-23)19(25)17-5-3-4-6-18(17)21/h3-14H,1-2H3. The first-order valence-electron chi connectivity index (χ1n) is 8.35. The Kier molecular flexibility index (Phi) is 5.30. The zero-order valence-electron chi connectivity index (χ0n) is 14.9. The Labute approximate surface area is 155 Å². The number of halogens is 1. The Morgan fingerprint density at radius 2 is 1.81 bits per heavy atom. The van der Waals surface area contributed by atoms with Gasteiger partial charge in [0.25, 0.3) is 5.91 Å². The number of aromatic nitrogens is 2. The Morgan fingerprint density at radius 3 is 2.41 bits per heavy atom. The number of carbonyl (C=O) groups excluding carboxylic acids is 2. The van der Waals surface area contributed by atoms with Gasteiger partial charge in [0.15, 0.2) is 0 Å². The molecule has 7 heteroatoms. The average molecular weight is 367 g/mol. The van der Waals surface area contributed by atoms with Crippen LogP contribution in [-0.2, 0) is 4.74 Å². The van der Waals surface area contributed by atoms with Crippen molar-refractivity contribution in [3.05, 3.63) is 84.2 Å². The Hall–Kier alpha value is -3.48. The van der Waals surface area contributed by atoms with Crippen LogP contribution >= 0.6 is 0 Å².